The molecular formula is C13H12ClFN2O2. The lowest BCUT2D eigenvalue weighted by Crippen LogP contribution is -2.27. The minimum absolute atomic E-state index is 0.0408. The van der Waals surface area contributed by atoms with Gasteiger partial charge in [0, 0.05) is 12.1 Å². The summed E-state index contributed by atoms with van der Waals surface area (Å²) in [5.41, 5.74) is 5.39. The number of furan rings is 1. The van der Waals surface area contributed by atoms with Crippen molar-refractivity contribution in [2.75, 3.05) is 12.8 Å². The maximum atomic E-state index is 13.4. The van der Waals surface area contributed by atoms with E-state index in [1.807, 2.05) is 0 Å². The number of rotatable bonds is 3. The number of amides is 1. The molecule has 0 radical (unpaired) electrons. The zero-order chi connectivity index (χ0) is 14.0. The Hall–Kier alpha value is -2.01. The standard InChI is InChI=1S/C13H12ClFN2O2/c1-17(7-9-3-2-4-19-9)13(18)10-5-8(14)6-11(15)12(10)16/h2-6H,7,16H2,1H3. The Labute approximate surface area is 114 Å². The van der Waals surface area contributed by atoms with Crippen molar-refractivity contribution in [3.05, 3.63) is 52.7 Å². The first kappa shape index (κ1) is 13.4. The highest BCUT2D eigenvalue weighted by Crippen LogP contribution is 2.23. The van der Waals surface area contributed by atoms with E-state index in [2.05, 4.69) is 0 Å². The Kier molecular flexibility index (Phi) is 3.76. The molecule has 0 atom stereocenters. The number of hydrogen-bond acceptors (Lipinski definition) is 3. The topological polar surface area (TPSA) is 59.5 Å². The second kappa shape index (κ2) is 5.32. The average molecular weight is 283 g/mol. The van der Waals surface area contributed by atoms with Crippen molar-refractivity contribution in [2.45, 2.75) is 6.54 Å². The normalized spacial score (nSPS) is 10.5. The van der Waals surface area contributed by atoms with Crippen molar-refractivity contribution in [3.8, 4) is 0 Å². The highest BCUT2D eigenvalue weighted by molar-refractivity contribution is 6.31. The maximum absolute atomic E-state index is 13.4. The molecule has 6 heteroatoms. The molecule has 2 aromatic rings. The van der Waals surface area contributed by atoms with Crippen LogP contribution in [0.25, 0.3) is 0 Å². The van der Waals surface area contributed by atoms with Crippen LogP contribution in [0.2, 0.25) is 5.02 Å². The molecule has 1 aromatic heterocycles. The van der Waals surface area contributed by atoms with Gasteiger partial charge in [-0.3, -0.25) is 4.79 Å². The molecule has 0 unspecified atom stereocenters. The highest BCUT2D eigenvalue weighted by Gasteiger charge is 2.19. The van der Waals surface area contributed by atoms with E-state index in [1.165, 1.54) is 17.2 Å². The van der Waals surface area contributed by atoms with Gasteiger partial charge in [0.2, 0.25) is 0 Å². The van der Waals surface area contributed by atoms with Crippen LogP contribution in [-0.2, 0) is 6.54 Å². The summed E-state index contributed by atoms with van der Waals surface area (Å²) in [4.78, 5) is 13.6. The van der Waals surface area contributed by atoms with Gasteiger partial charge < -0.3 is 15.1 Å². The summed E-state index contributed by atoms with van der Waals surface area (Å²) >= 11 is 5.73. The van der Waals surface area contributed by atoms with Crippen LogP contribution in [0.3, 0.4) is 0 Å². The number of nitrogens with two attached hydrogens (primary N) is 1. The van der Waals surface area contributed by atoms with Crippen molar-refractivity contribution in [1.82, 2.24) is 4.90 Å². The Morgan fingerprint density at radius 2 is 2.26 bits per heavy atom. The first-order valence-electron chi connectivity index (χ1n) is 5.51. The maximum Gasteiger partial charge on any atom is 0.256 e. The van der Waals surface area contributed by atoms with Gasteiger partial charge in [-0.25, -0.2) is 4.39 Å². The van der Waals surface area contributed by atoms with E-state index in [-0.39, 0.29) is 22.8 Å². The van der Waals surface area contributed by atoms with Crippen molar-refractivity contribution in [1.29, 1.82) is 0 Å². The number of anilines is 1. The third kappa shape index (κ3) is 2.88. The van der Waals surface area contributed by atoms with Gasteiger partial charge in [0.05, 0.1) is 24.1 Å². The zero-order valence-electron chi connectivity index (χ0n) is 10.2. The fraction of sp³-hybridized carbons (Fsp3) is 0.154. The van der Waals surface area contributed by atoms with Gasteiger partial charge in [-0.2, -0.15) is 0 Å². The monoisotopic (exact) mass is 282 g/mol. The van der Waals surface area contributed by atoms with Crippen LogP contribution in [0.5, 0.6) is 0 Å². The van der Waals surface area contributed by atoms with Crippen LogP contribution in [0.15, 0.2) is 34.9 Å². The summed E-state index contributed by atoms with van der Waals surface area (Å²) in [6.45, 7) is 0.263. The number of hydrogen-bond donors (Lipinski definition) is 1. The molecule has 0 bridgehead atoms. The van der Waals surface area contributed by atoms with Crippen molar-refractivity contribution in [2.24, 2.45) is 0 Å². The Morgan fingerprint density at radius 3 is 2.89 bits per heavy atom. The first-order chi connectivity index (χ1) is 8.99. The van der Waals surface area contributed by atoms with Gasteiger partial charge in [-0.1, -0.05) is 11.6 Å². The Morgan fingerprint density at radius 1 is 1.53 bits per heavy atom. The molecule has 0 saturated heterocycles. The van der Waals surface area contributed by atoms with E-state index >= 15 is 0 Å². The van der Waals surface area contributed by atoms with Gasteiger partial charge in [0.1, 0.15) is 11.6 Å². The van der Waals surface area contributed by atoms with Crippen LogP contribution in [0.4, 0.5) is 10.1 Å². The molecule has 19 heavy (non-hydrogen) atoms. The molecule has 0 saturated carbocycles. The van der Waals surface area contributed by atoms with Gasteiger partial charge in [0.25, 0.3) is 5.91 Å². The first-order valence-corrected chi connectivity index (χ1v) is 5.89. The van der Waals surface area contributed by atoms with Crippen molar-refractivity contribution in [3.63, 3.8) is 0 Å². The summed E-state index contributed by atoms with van der Waals surface area (Å²) in [5.74, 6) is -0.505. The Bertz CT molecular complexity index is 599. The molecular weight excluding hydrogens is 271 g/mol. The van der Waals surface area contributed by atoms with Crippen LogP contribution < -0.4 is 5.73 Å². The molecule has 1 aromatic carbocycles. The summed E-state index contributed by atoms with van der Waals surface area (Å²) < 4.78 is 18.6. The lowest BCUT2D eigenvalue weighted by molar-refractivity contribution is 0.0776. The summed E-state index contributed by atoms with van der Waals surface area (Å²) in [6.07, 6.45) is 1.51. The quantitative estimate of drug-likeness (QED) is 0.881. The predicted octanol–water partition coefficient (Wildman–Crippen LogP) is 2.93. The third-order valence-electron chi connectivity index (χ3n) is 2.64. The summed E-state index contributed by atoms with van der Waals surface area (Å²) in [5, 5.41) is 0.126. The molecule has 100 valence electrons. The number of halogens is 2. The number of benzene rings is 1. The molecule has 0 fully saturated rings. The Balaban J connectivity index is 2.24. The summed E-state index contributed by atoms with van der Waals surface area (Å²) in [7, 11) is 1.57. The summed E-state index contributed by atoms with van der Waals surface area (Å²) in [6, 6.07) is 5.88. The molecule has 2 N–H and O–H groups in total. The number of nitrogens with zero attached hydrogens (tertiary/aromatic N) is 1. The minimum Gasteiger partial charge on any atom is -0.467 e. The van der Waals surface area contributed by atoms with Crippen LogP contribution in [0.1, 0.15) is 16.1 Å². The SMILES string of the molecule is CN(Cc1ccco1)C(=O)c1cc(Cl)cc(F)c1N. The smallest absolute Gasteiger partial charge is 0.256 e. The largest absolute Gasteiger partial charge is 0.467 e. The molecule has 1 heterocycles. The second-order valence-electron chi connectivity index (χ2n) is 4.09. The predicted molar refractivity (Wildman–Crippen MR) is 70.3 cm³/mol. The highest BCUT2D eigenvalue weighted by atomic mass is 35.5. The molecule has 0 spiro atoms. The van der Waals surface area contributed by atoms with Crippen molar-refractivity contribution < 1.29 is 13.6 Å². The number of carbonyl (C=O) groups excluding carboxylic acids is 1. The molecule has 2 rings (SSSR count). The van der Waals surface area contributed by atoms with Gasteiger partial charge in [0.15, 0.2) is 0 Å². The van der Waals surface area contributed by atoms with Gasteiger partial charge in [-0.15, -0.1) is 0 Å². The average Bonchev–Trinajstić information content (AvgIpc) is 2.85. The molecule has 4 nitrogen and oxygen atoms in total. The van der Waals surface area contributed by atoms with E-state index in [0.29, 0.717) is 5.76 Å². The minimum atomic E-state index is -0.706. The fourth-order valence-corrected chi connectivity index (χ4v) is 1.88. The van der Waals surface area contributed by atoms with Crippen LogP contribution in [-0.4, -0.2) is 17.9 Å². The van der Waals surface area contributed by atoms with E-state index in [4.69, 9.17) is 21.8 Å². The van der Waals surface area contributed by atoms with Gasteiger partial charge in [-0.05, 0) is 24.3 Å². The third-order valence-corrected chi connectivity index (χ3v) is 2.86. The molecule has 0 aliphatic rings. The van der Waals surface area contributed by atoms with Crippen LogP contribution in [0, 0.1) is 5.82 Å². The molecule has 1 amide bonds. The second-order valence-corrected chi connectivity index (χ2v) is 4.53. The van der Waals surface area contributed by atoms with Gasteiger partial charge >= 0.3 is 0 Å². The van der Waals surface area contributed by atoms with E-state index < -0.39 is 11.7 Å². The lowest BCUT2D eigenvalue weighted by atomic mass is 10.1. The van der Waals surface area contributed by atoms with Crippen LogP contribution >= 0.6 is 11.6 Å². The van der Waals surface area contributed by atoms with E-state index in [9.17, 15) is 9.18 Å². The number of carbonyl (C=O) groups is 1. The van der Waals surface area contributed by atoms with Crippen molar-refractivity contribution >= 4 is 23.2 Å². The van der Waals surface area contributed by atoms with E-state index in [0.717, 1.165) is 6.07 Å². The fourth-order valence-electron chi connectivity index (χ4n) is 1.68. The lowest BCUT2D eigenvalue weighted by Gasteiger charge is -2.17. The molecule has 0 aliphatic heterocycles. The molecule has 0 aliphatic carbocycles. The van der Waals surface area contributed by atoms with E-state index in [1.54, 1.807) is 19.2 Å². The number of nitrogen functional groups attached to an aromatic ring is 1. The zero-order valence-corrected chi connectivity index (χ0v) is 10.9.